The van der Waals surface area contributed by atoms with Crippen molar-refractivity contribution in [1.82, 2.24) is 5.32 Å². The third-order valence-corrected chi connectivity index (χ3v) is 3.62. The highest BCUT2D eigenvalue weighted by atomic mass is 16.3. The van der Waals surface area contributed by atoms with Gasteiger partial charge >= 0.3 is 0 Å². The molecule has 104 valence electrons. The molecule has 1 aromatic rings. The largest absolute Gasteiger partial charge is 0.396 e. The number of amides is 1. The van der Waals surface area contributed by atoms with Crippen molar-refractivity contribution in [3.63, 3.8) is 0 Å². The van der Waals surface area contributed by atoms with Gasteiger partial charge in [-0.1, -0.05) is 32.0 Å². The van der Waals surface area contributed by atoms with Gasteiger partial charge < -0.3 is 15.7 Å². The molecule has 4 nitrogen and oxygen atoms in total. The van der Waals surface area contributed by atoms with Crippen LogP contribution >= 0.6 is 0 Å². The minimum Gasteiger partial charge on any atom is -0.396 e. The van der Waals surface area contributed by atoms with Crippen molar-refractivity contribution in [2.24, 2.45) is 5.41 Å². The molecule has 0 saturated carbocycles. The number of anilines is 1. The number of aliphatic hydroxyl groups excluding tert-OH is 1. The first-order valence-electron chi connectivity index (χ1n) is 6.75. The van der Waals surface area contributed by atoms with Gasteiger partial charge in [-0.2, -0.15) is 0 Å². The maximum atomic E-state index is 12.1. The van der Waals surface area contributed by atoms with Crippen molar-refractivity contribution in [2.75, 3.05) is 18.5 Å². The maximum absolute atomic E-state index is 12.1. The molecule has 1 aliphatic heterocycles. The molecule has 2 rings (SSSR count). The van der Waals surface area contributed by atoms with Crippen molar-refractivity contribution >= 4 is 11.6 Å². The van der Waals surface area contributed by atoms with Crippen molar-refractivity contribution < 1.29 is 9.90 Å². The van der Waals surface area contributed by atoms with E-state index in [9.17, 15) is 4.79 Å². The number of rotatable bonds is 5. The molecule has 0 aromatic heterocycles. The van der Waals surface area contributed by atoms with Gasteiger partial charge in [0, 0.05) is 25.3 Å². The topological polar surface area (TPSA) is 61.4 Å². The summed E-state index contributed by atoms with van der Waals surface area (Å²) in [5.41, 5.74) is 2.17. The second-order valence-corrected chi connectivity index (χ2v) is 5.91. The number of fused-ring (bicyclic) bond motifs is 1. The maximum Gasteiger partial charge on any atom is 0.242 e. The number of nitrogens with one attached hydrogen (secondary N) is 2. The number of hydrogen-bond acceptors (Lipinski definition) is 3. The van der Waals surface area contributed by atoms with Gasteiger partial charge in [0.1, 0.15) is 6.04 Å². The summed E-state index contributed by atoms with van der Waals surface area (Å²) < 4.78 is 0. The van der Waals surface area contributed by atoms with Crippen LogP contribution in [0.15, 0.2) is 24.3 Å². The van der Waals surface area contributed by atoms with E-state index in [0.29, 0.717) is 13.0 Å². The van der Waals surface area contributed by atoms with Crippen LogP contribution in [0, 0.1) is 5.41 Å². The van der Waals surface area contributed by atoms with E-state index < -0.39 is 0 Å². The van der Waals surface area contributed by atoms with E-state index in [2.05, 4.69) is 10.6 Å². The van der Waals surface area contributed by atoms with Gasteiger partial charge in [-0.3, -0.25) is 4.79 Å². The van der Waals surface area contributed by atoms with Gasteiger partial charge in [0.15, 0.2) is 0 Å². The highest BCUT2D eigenvalue weighted by Gasteiger charge is 2.27. The van der Waals surface area contributed by atoms with Crippen molar-refractivity contribution in [1.29, 1.82) is 0 Å². The minimum absolute atomic E-state index is 0.0298. The lowest BCUT2D eigenvalue weighted by Gasteiger charge is -2.24. The van der Waals surface area contributed by atoms with Gasteiger partial charge in [-0.05, 0) is 23.5 Å². The molecule has 1 aliphatic rings. The molecule has 19 heavy (non-hydrogen) atoms. The van der Waals surface area contributed by atoms with Gasteiger partial charge in [0.25, 0.3) is 0 Å². The minimum atomic E-state index is -0.178. The SMILES string of the molecule is CC(C)(CCO)CNC(=O)[C@@H]1Cc2ccccc2N1. The van der Waals surface area contributed by atoms with E-state index in [1.54, 1.807) is 0 Å². The molecule has 3 N–H and O–H groups in total. The average Bonchev–Trinajstić information content (AvgIpc) is 2.79. The summed E-state index contributed by atoms with van der Waals surface area (Å²) >= 11 is 0. The van der Waals surface area contributed by atoms with Crippen LogP contribution in [0.25, 0.3) is 0 Å². The monoisotopic (exact) mass is 262 g/mol. The zero-order valence-electron chi connectivity index (χ0n) is 11.6. The van der Waals surface area contributed by atoms with Crippen LogP contribution in [0.3, 0.4) is 0 Å². The standard InChI is InChI=1S/C15H22N2O2/c1-15(2,7-8-18)10-16-14(19)13-9-11-5-3-4-6-12(11)17-13/h3-6,13,17-18H,7-10H2,1-2H3,(H,16,19)/t13-/m0/s1. The first kappa shape index (κ1) is 13.9. The predicted octanol–water partition coefficient (Wildman–Crippen LogP) is 1.55. The molecule has 0 radical (unpaired) electrons. The molecule has 0 saturated heterocycles. The van der Waals surface area contributed by atoms with E-state index in [1.165, 1.54) is 5.56 Å². The number of hydrogen-bond donors (Lipinski definition) is 3. The number of carbonyl (C=O) groups excluding carboxylic acids is 1. The first-order chi connectivity index (χ1) is 9.02. The van der Waals surface area contributed by atoms with E-state index in [1.807, 2.05) is 38.1 Å². The van der Waals surface area contributed by atoms with Crippen LogP contribution in [0.4, 0.5) is 5.69 Å². The van der Waals surface area contributed by atoms with Gasteiger partial charge in [-0.15, -0.1) is 0 Å². The molecule has 0 bridgehead atoms. The van der Waals surface area contributed by atoms with Crippen LogP contribution in [0.1, 0.15) is 25.8 Å². The first-order valence-corrected chi connectivity index (χ1v) is 6.75. The lowest BCUT2D eigenvalue weighted by molar-refractivity contribution is -0.122. The summed E-state index contributed by atoms with van der Waals surface area (Å²) in [5, 5.41) is 15.2. The summed E-state index contributed by atoms with van der Waals surface area (Å²) in [7, 11) is 0. The summed E-state index contributed by atoms with van der Waals surface area (Å²) in [6, 6.07) is 7.83. The fourth-order valence-corrected chi connectivity index (χ4v) is 2.30. The van der Waals surface area contributed by atoms with Crippen LogP contribution < -0.4 is 10.6 Å². The summed E-state index contributed by atoms with van der Waals surface area (Å²) in [6.07, 6.45) is 1.42. The van der Waals surface area contributed by atoms with Gasteiger partial charge in [0.05, 0.1) is 0 Å². The van der Waals surface area contributed by atoms with E-state index in [-0.39, 0.29) is 24.0 Å². The zero-order valence-corrected chi connectivity index (χ0v) is 11.6. The Morgan fingerprint density at radius 2 is 2.21 bits per heavy atom. The lowest BCUT2D eigenvalue weighted by atomic mass is 9.89. The highest BCUT2D eigenvalue weighted by molar-refractivity contribution is 5.87. The lowest BCUT2D eigenvalue weighted by Crippen LogP contribution is -2.42. The van der Waals surface area contributed by atoms with Crippen LogP contribution in [-0.2, 0) is 11.2 Å². The molecule has 0 aliphatic carbocycles. The third kappa shape index (κ3) is 3.47. The van der Waals surface area contributed by atoms with Crippen LogP contribution in [0.2, 0.25) is 0 Å². The Kier molecular flexibility index (Phi) is 4.10. The molecule has 0 unspecified atom stereocenters. The quantitative estimate of drug-likeness (QED) is 0.754. The van der Waals surface area contributed by atoms with Crippen molar-refractivity contribution in [3.05, 3.63) is 29.8 Å². The van der Waals surface area contributed by atoms with Crippen molar-refractivity contribution in [2.45, 2.75) is 32.7 Å². The number of aliphatic hydroxyl groups is 1. The Balaban J connectivity index is 1.86. The smallest absolute Gasteiger partial charge is 0.242 e. The Bertz CT molecular complexity index is 432. The molecule has 1 amide bonds. The van der Waals surface area contributed by atoms with Gasteiger partial charge in [-0.25, -0.2) is 0 Å². The highest BCUT2D eigenvalue weighted by Crippen LogP contribution is 2.25. The Morgan fingerprint density at radius 3 is 2.89 bits per heavy atom. The Labute approximate surface area is 114 Å². The van der Waals surface area contributed by atoms with Crippen molar-refractivity contribution in [3.8, 4) is 0 Å². The summed E-state index contributed by atoms with van der Waals surface area (Å²) in [5.74, 6) is 0.0298. The third-order valence-electron chi connectivity index (χ3n) is 3.62. The number of para-hydroxylation sites is 1. The zero-order chi connectivity index (χ0) is 13.9. The molecule has 4 heteroatoms. The predicted molar refractivity (Wildman–Crippen MR) is 76.1 cm³/mol. The normalized spacial score (nSPS) is 17.7. The second kappa shape index (κ2) is 5.61. The molecular weight excluding hydrogens is 240 g/mol. The molecular formula is C15H22N2O2. The molecule has 1 atom stereocenters. The van der Waals surface area contributed by atoms with Crippen LogP contribution in [-0.4, -0.2) is 30.2 Å². The summed E-state index contributed by atoms with van der Waals surface area (Å²) in [4.78, 5) is 12.1. The van der Waals surface area contributed by atoms with E-state index in [4.69, 9.17) is 5.11 Å². The molecule has 1 heterocycles. The molecule has 0 spiro atoms. The Morgan fingerprint density at radius 1 is 1.47 bits per heavy atom. The number of benzene rings is 1. The Hall–Kier alpha value is -1.55. The van der Waals surface area contributed by atoms with E-state index in [0.717, 1.165) is 12.1 Å². The fraction of sp³-hybridized carbons (Fsp3) is 0.533. The molecule has 1 aromatic carbocycles. The summed E-state index contributed by atoms with van der Waals surface area (Å²) in [6.45, 7) is 4.82. The van der Waals surface area contributed by atoms with Crippen LogP contribution in [0.5, 0.6) is 0 Å². The fourth-order valence-electron chi connectivity index (χ4n) is 2.30. The van der Waals surface area contributed by atoms with E-state index >= 15 is 0 Å². The number of carbonyl (C=O) groups is 1. The second-order valence-electron chi connectivity index (χ2n) is 5.91. The molecule has 0 fully saturated rings. The van der Waals surface area contributed by atoms with Gasteiger partial charge in [0.2, 0.25) is 5.91 Å². The average molecular weight is 262 g/mol.